The van der Waals surface area contributed by atoms with Gasteiger partial charge >= 0.3 is 6.18 Å². The van der Waals surface area contributed by atoms with E-state index in [1.54, 1.807) is 0 Å². The highest BCUT2D eigenvalue weighted by Crippen LogP contribution is 2.20. The van der Waals surface area contributed by atoms with Crippen LogP contribution in [0.15, 0.2) is 59.5 Å². The smallest absolute Gasteiger partial charge is 0.379 e. The van der Waals surface area contributed by atoms with Crippen LogP contribution in [0.25, 0.3) is 6.08 Å². The number of benzene rings is 2. The van der Waals surface area contributed by atoms with Gasteiger partial charge in [-0.15, -0.1) is 0 Å². The summed E-state index contributed by atoms with van der Waals surface area (Å²) in [6, 6.07) is 13.6. The molecule has 34 heavy (non-hydrogen) atoms. The molecule has 2 aromatic carbocycles. The van der Waals surface area contributed by atoms with Gasteiger partial charge in [0.2, 0.25) is 15.9 Å². The van der Waals surface area contributed by atoms with Crippen molar-refractivity contribution < 1.29 is 31.1 Å². The number of halogens is 3. The minimum atomic E-state index is -4.59. The van der Waals surface area contributed by atoms with Gasteiger partial charge in [-0.2, -0.15) is 22.7 Å². The molecule has 0 bridgehead atoms. The van der Waals surface area contributed by atoms with Gasteiger partial charge in [-0.3, -0.25) is 4.79 Å². The van der Waals surface area contributed by atoms with Crippen molar-refractivity contribution in [1.82, 2.24) is 9.21 Å². The second kappa shape index (κ2) is 10.8. The Morgan fingerprint density at radius 3 is 2.26 bits per heavy atom. The lowest BCUT2D eigenvalue weighted by molar-refractivity contribution is -0.159. The van der Waals surface area contributed by atoms with E-state index in [-0.39, 0.29) is 24.5 Å². The molecule has 1 heterocycles. The summed E-state index contributed by atoms with van der Waals surface area (Å²) in [5, 5.41) is 8.84. The van der Waals surface area contributed by atoms with Gasteiger partial charge in [0.1, 0.15) is 6.54 Å². The first-order valence-electron chi connectivity index (χ1n) is 10.3. The largest absolute Gasteiger partial charge is 0.406 e. The molecule has 1 aliphatic rings. The lowest BCUT2D eigenvalue weighted by atomic mass is 10.1. The van der Waals surface area contributed by atoms with Crippen LogP contribution in [-0.2, 0) is 26.1 Å². The predicted octanol–water partition coefficient (Wildman–Crippen LogP) is 3.18. The number of nitrogens with zero attached hydrogens (tertiary/aromatic N) is 3. The number of hydrogen-bond acceptors (Lipinski definition) is 5. The highest BCUT2D eigenvalue weighted by atomic mass is 32.2. The van der Waals surface area contributed by atoms with Crippen molar-refractivity contribution in [1.29, 1.82) is 5.26 Å². The molecule has 1 amide bonds. The summed E-state index contributed by atoms with van der Waals surface area (Å²) in [5.41, 5.74) is 1.26. The minimum absolute atomic E-state index is 0.0809. The van der Waals surface area contributed by atoms with E-state index in [2.05, 4.69) is 0 Å². The maximum absolute atomic E-state index is 13.0. The van der Waals surface area contributed by atoms with Crippen molar-refractivity contribution >= 4 is 22.0 Å². The van der Waals surface area contributed by atoms with Gasteiger partial charge < -0.3 is 9.64 Å². The van der Waals surface area contributed by atoms with E-state index >= 15 is 0 Å². The Balaban J connectivity index is 1.71. The fourth-order valence-corrected chi connectivity index (χ4v) is 4.70. The van der Waals surface area contributed by atoms with Crippen LogP contribution in [0, 0.1) is 11.3 Å². The normalized spacial score (nSPS) is 15.2. The standard InChI is InChI=1S/C23H22F3N3O4S/c24-23(25,26)17-28(16-20-3-1-19(15-27)2-4-20)22(30)10-7-18-5-8-21(9-6-18)34(31,32)29-11-13-33-14-12-29/h1-10H,11-14,16-17H2/b10-7+. The van der Waals surface area contributed by atoms with Crippen molar-refractivity contribution in [3.05, 3.63) is 71.3 Å². The third kappa shape index (κ3) is 6.90. The van der Waals surface area contributed by atoms with Crippen molar-refractivity contribution in [2.75, 3.05) is 32.8 Å². The molecule has 3 rings (SSSR count). The van der Waals surface area contributed by atoms with Crippen LogP contribution in [0.4, 0.5) is 13.2 Å². The average molecular weight is 494 g/mol. The van der Waals surface area contributed by atoms with Crippen LogP contribution < -0.4 is 0 Å². The zero-order valence-electron chi connectivity index (χ0n) is 18.0. The first-order valence-corrected chi connectivity index (χ1v) is 11.7. The molecule has 0 radical (unpaired) electrons. The molecule has 11 heteroatoms. The van der Waals surface area contributed by atoms with Crippen molar-refractivity contribution in [3.8, 4) is 6.07 Å². The van der Waals surface area contributed by atoms with Crippen molar-refractivity contribution in [2.45, 2.75) is 17.6 Å². The number of carbonyl (C=O) groups excluding carboxylic acids is 1. The quantitative estimate of drug-likeness (QED) is 0.553. The molecule has 0 saturated carbocycles. The number of ether oxygens (including phenoxy) is 1. The number of sulfonamides is 1. The molecule has 2 aromatic rings. The van der Waals surface area contributed by atoms with Crippen molar-refractivity contribution in [3.63, 3.8) is 0 Å². The molecule has 0 unspecified atom stereocenters. The Morgan fingerprint density at radius 2 is 1.71 bits per heavy atom. The fourth-order valence-electron chi connectivity index (χ4n) is 3.29. The van der Waals surface area contributed by atoms with E-state index in [0.717, 1.165) is 6.08 Å². The summed E-state index contributed by atoms with van der Waals surface area (Å²) >= 11 is 0. The number of alkyl halides is 3. The summed E-state index contributed by atoms with van der Waals surface area (Å²) in [6.45, 7) is -0.574. The second-order valence-corrected chi connectivity index (χ2v) is 9.47. The molecule has 1 aliphatic heterocycles. The van der Waals surface area contributed by atoms with Crippen LogP contribution in [0.2, 0.25) is 0 Å². The van der Waals surface area contributed by atoms with Crippen LogP contribution in [0.1, 0.15) is 16.7 Å². The van der Waals surface area contributed by atoms with E-state index in [0.29, 0.717) is 34.8 Å². The number of rotatable bonds is 7. The molecule has 0 N–H and O–H groups in total. The number of morpholine rings is 1. The van der Waals surface area contributed by atoms with Gasteiger partial charge in [-0.1, -0.05) is 24.3 Å². The molecule has 0 aromatic heterocycles. The number of carbonyl (C=O) groups is 1. The molecule has 1 saturated heterocycles. The van der Waals surface area contributed by atoms with Crippen LogP contribution >= 0.6 is 0 Å². The Labute approximate surface area is 195 Å². The van der Waals surface area contributed by atoms with Gasteiger partial charge in [0.05, 0.1) is 29.7 Å². The predicted molar refractivity (Wildman–Crippen MR) is 118 cm³/mol. The van der Waals surface area contributed by atoms with Gasteiger partial charge in [0, 0.05) is 25.7 Å². The molecule has 180 valence electrons. The topological polar surface area (TPSA) is 90.7 Å². The maximum Gasteiger partial charge on any atom is 0.406 e. The van der Waals surface area contributed by atoms with E-state index in [4.69, 9.17) is 10.00 Å². The zero-order chi connectivity index (χ0) is 24.8. The maximum atomic E-state index is 13.0. The number of hydrogen-bond donors (Lipinski definition) is 0. The summed E-state index contributed by atoms with van der Waals surface area (Å²) < 4.78 is 70.9. The SMILES string of the molecule is N#Cc1ccc(CN(CC(F)(F)F)C(=O)/C=C/c2ccc(S(=O)(=O)N3CCOCC3)cc2)cc1. The van der Waals surface area contributed by atoms with Crippen molar-refractivity contribution in [2.24, 2.45) is 0 Å². The highest BCUT2D eigenvalue weighted by molar-refractivity contribution is 7.89. The molecular weight excluding hydrogens is 471 g/mol. The Bertz CT molecular complexity index is 1170. The van der Waals surface area contributed by atoms with E-state index < -0.39 is 28.7 Å². The Morgan fingerprint density at radius 1 is 1.09 bits per heavy atom. The molecule has 0 aliphatic carbocycles. The molecular formula is C23H22F3N3O4S. The number of nitriles is 1. The van der Waals surface area contributed by atoms with E-state index in [9.17, 15) is 26.4 Å². The van der Waals surface area contributed by atoms with Gasteiger partial charge in [-0.25, -0.2) is 8.42 Å². The Kier molecular flexibility index (Phi) is 8.09. The monoisotopic (exact) mass is 493 g/mol. The zero-order valence-corrected chi connectivity index (χ0v) is 18.8. The minimum Gasteiger partial charge on any atom is -0.379 e. The summed E-state index contributed by atoms with van der Waals surface area (Å²) in [4.78, 5) is 13.3. The third-order valence-corrected chi connectivity index (χ3v) is 6.96. The third-order valence-electron chi connectivity index (χ3n) is 5.04. The van der Waals surface area contributed by atoms with Crippen LogP contribution in [-0.4, -0.2) is 62.6 Å². The first kappa shape index (κ1) is 25.4. The van der Waals surface area contributed by atoms with Crippen LogP contribution in [0.3, 0.4) is 0 Å². The second-order valence-electron chi connectivity index (χ2n) is 7.54. The van der Waals surface area contributed by atoms with E-state index in [1.165, 1.54) is 58.9 Å². The summed E-state index contributed by atoms with van der Waals surface area (Å²) in [5.74, 6) is -0.855. The molecule has 0 atom stereocenters. The van der Waals surface area contributed by atoms with Gasteiger partial charge in [0.15, 0.2) is 0 Å². The van der Waals surface area contributed by atoms with Gasteiger partial charge in [-0.05, 0) is 41.5 Å². The van der Waals surface area contributed by atoms with Crippen LogP contribution in [0.5, 0.6) is 0 Å². The highest BCUT2D eigenvalue weighted by Gasteiger charge is 2.32. The molecule has 7 nitrogen and oxygen atoms in total. The first-order chi connectivity index (χ1) is 16.1. The number of amides is 1. The summed E-state index contributed by atoms with van der Waals surface area (Å²) in [6.07, 6.45) is -2.25. The summed E-state index contributed by atoms with van der Waals surface area (Å²) in [7, 11) is -3.67. The lowest BCUT2D eigenvalue weighted by Gasteiger charge is -2.26. The molecule has 1 fully saturated rings. The van der Waals surface area contributed by atoms with Gasteiger partial charge in [0.25, 0.3) is 0 Å². The van der Waals surface area contributed by atoms with E-state index in [1.807, 2.05) is 6.07 Å². The fraction of sp³-hybridized carbons (Fsp3) is 0.304. The average Bonchev–Trinajstić information content (AvgIpc) is 2.82. The lowest BCUT2D eigenvalue weighted by Crippen LogP contribution is -2.40. The Hall–Kier alpha value is -3.20. The molecule has 0 spiro atoms.